The Balaban J connectivity index is 1.65. The van der Waals surface area contributed by atoms with Gasteiger partial charge in [0.25, 0.3) is 5.91 Å². The SMILES string of the molecule is Cc1ccc(C(=O)NCCOCCn2ccnc2)c(C)c1. The lowest BCUT2D eigenvalue weighted by Gasteiger charge is -2.09. The quantitative estimate of drug-likeness (QED) is 0.792. The second-order valence-corrected chi connectivity index (χ2v) is 4.99. The molecule has 2 aromatic rings. The second-order valence-electron chi connectivity index (χ2n) is 4.99. The summed E-state index contributed by atoms with van der Waals surface area (Å²) in [6.07, 6.45) is 5.39. The molecule has 0 bridgehead atoms. The average Bonchev–Trinajstić information content (AvgIpc) is 2.95. The van der Waals surface area contributed by atoms with Crippen LogP contribution in [-0.2, 0) is 11.3 Å². The number of carbonyl (C=O) groups is 1. The predicted molar refractivity (Wildman–Crippen MR) is 81.3 cm³/mol. The summed E-state index contributed by atoms with van der Waals surface area (Å²) in [5.41, 5.74) is 2.87. The molecule has 1 amide bonds. The number of benzene rings is 1. The number of imidazole rings is 1. The molecule has 0 unspecified atom stereocenters. The van der Waals surface area contributed by atoms with Crippen molar-refractivity contribution >= 4 is 5.91 Å². The van der Waals surface area contributed by atoms with Gasteiger partial charge in [-0.2, -0.15) is 0 Å². The van der Waals surface area contributed by atoms with Gasteiger partial charge in [0.05, 0.1) is 19.5 Å². The minimum Gasteiger partial charge on any atom is -0.378 e. The van der Waals surface area contributed by atoms with E-state index >= 15 is 0 Å². The maximum Gasteiger partial charge on any atom is 0.251 e. The molecule has 1 heterocycles. The lowest BCUT2D eigenvalue weighted by molar-refractivity contribution is 0.0908. The maximum atomic E-state index is 12.0. The molecule has 1 N–H and O–H groups in total. The van der Waals surface area contributed by atoms with E-state index in [0.29, 0.717) is 19.8 Å². The molecule has 0 aliphatic carbocycles. The molecule has 0 saturated heterocycles. The molecule has 0 atom stereocenters. The highest BCUT2D eigenvalue weighted by Gasteiger charge is 2.07. The van der Waals surface area contributed by atoms with Gasteiger partial charge in [-0.3, -0.25) is 4.79 Å². The van der Waals surface area contributed by atoms with Crippen molar-refractivity contribution in [1.82, 2.24) is 14.9 Å². The first kappa shape index (κ1) is 15.3. The average molecular weight is 287 g/mol. The number of hydrogen-bond acceptors (Lipinski definition) is 3. The lowest BCUT2D eigenvalue weighted by Crippen LogP contribution is -2.28. The first-order valence-corrected chi connectivity index (χ1v) is 7.06. The zero-order valence-corrected chi connectivity index (χ0v) is 12.5. The van der Waals surface area contributed by atoms with Crippen molar-refractivity contribution in [2.45, 2.75) is 20.4 Å². The van der Waals surface area contributed by atoms with Crippen molar-refractivity contribution in [3.63, 3.8) is 0 Å². The molecule has 0 spiro atoms. The van der Waals surface area contributed by atoms with E-state index in [1.54, 1.807) is 12.5 Å². The largest absolute Gasteiger partial charge is 0.378 e. The summed E-state index contributed by atoms with van der Waals surface area (Å²) in [5.74, 6) is -0.0503. The van der Waals surface area contributed by atoms with Crippen molar-refractivity contribution < 1.29 is 9.53 Å². The normalized spacial score (nSPS) is 10.6. The lowest BCUT2D eigenvalue weighted by atomic mass is 10.1. The summed E-state index contributed by atoms with van der Waals surface area (Å²) >= 11 is 0. The van der Waals surface area contributed by atoms with Crippen LogP contribution in [0.4, 0.5) is 0 Å². The third-order valence-corrected chi connectivity index (χ3v) is 3.21. The molecule has 112 valence electrons. The van der Waals surface area contributed by atoms with E-state index in [4.69, 9.17) is 4.74 Å². The van der Waals surface area contributed by atoms with Gasteiger partial charge in [0.15, 0.2) is 0 Å². The van der Waals surface area contributed by atoms with Gasteiger partial charge in [-0.15, -0.1) is 0 Å². The number of hydrogen-bond donors (Lipinski definition) is 1. The van der Waals surface area contributed by atoms with Crippen LogP contribution < -0.4 is 5.32 Å². The standard InChI is InChI=1S/C16H21N3O2/c1-13-3-4-15(14(2)11-13)16(20)18-6-9-21-10-8-19-7-5-17-12-19/h3-5,7,11-12H,6,8-10H2,1-2H3,(H,18,20). The van der Waals surface area contributed by atoms with Gasteiger partial charge in [0, 0.05) is 31.0 Å². The van der Waals surface area contributed by atoms with Crippen molar-refractivity contribution in [2.75, 3.05) is 19.8 Å². The number of ether oxygens (including phenoxy) is 1. The van der Waals surface area contributed by atoms with E-state index < -0.39 is 0 Å². The number of carbonyl (C=O) groups excluding carboxylic acids is 1. The molecule has 0 aliphatic heterocycles. The number of aryl methyl sites for hydroxylation is 2. The minimum atomic E-state index is -0.0503. The minimum absolute atomic E-state index is 0.0503. The Morgan fingerprint density at radius 3 is 2.90 bits per heavy atom. The zero-order chi connectivity index (χ0) is 15.1. The number of nitrogens with one attached hydrogen (secondary N) is 1. The van der Waals surface area contributed by atoms with E-state index in [9.17, 15) is 4.79 Å². The van der Waals surface area contributed by atoms with E-state index in [1.165, 1.54) is 0 Å². The first-order valence-electron chi connectivity index (χ1n) is 7.06. The van der Waals surface area contributed by atoms with E-state index in [0.717, 1.165) is 23.2 Å². The summed E-state index contributed by atoms with van der Waals surface area (Å²) in [7, 11) is 0. The fraction of sp³-hybridized carbons (Fsp3) is 0.375. The summed E-state index contributed by atoms with van der Waals surface area (Å²) in [5, 5.41) is 2.87. The Hall–Kier alpha value is -2.14. The van der Waals surface area contributed by atoms with Crippen LogP contribution in [0.15, 0.2) is 36.9 Å². The molecular formula is C16H21N3O2. The summed E-state index contributed by atoms with van der Waals surface area (Å²) in [4.78, 5) is 16.0. The Morgan fingerprint density at radius 2 is 2.19 bits per heavy atom. The van der Waals surface area contributed by atoms with Crippen LogP contribution in [0.3, 0.4) is 0 Å². The molecule has 0 fully saturated rings. The van der Waals surface area contributed by atoms with Gasteiger partial charge < -0.3 is 14.6 Å². The topological polar surface area (TPSA) is 56.1 Å². The highest BCUT2D eigenvalue weighted by atomic mass is 16.5. The maximum absolute atomic E-state index is 12.0. The predicted octanol–water partition coefficient (Wildman–Crippen LogP) is 1.95. The molecule has 5 heteroatoms. The highest BCUT2D eigenvalue weighted by molar-refractivity contribution is 5.95. The van der Waals surface area contributed by atoms with Gasteiger partial charge in [0.1, 0.15) is 0 Å². The fourth-order valence-electron chi connectivity index (χ4n) is 2.09. The van der Waals surface area contributed by atoms with Crippen LogP contribution >= 0.6 is 0 Å². The van der Waals surface area contributed by atoms with Gasteiger partial charge in [-0.1, -0.05) is 17.7 Å². The van der Waals surface area contributed by atoms with Gasteiger partial charge in [-0.25, -0.2) is 4.98 Å². The van der Waals surface area contributed by atoms with Crippen molar-refractivity contribution in [3.05, 3.63) is 53.6 Å². The summed E-state index contributed by atoms with van der Waals surface area (Å²) in [6.45, 7) is 6.36. The summed E-state index contributed by atoms with van der Waals surface area (Å²) < 4.78 is 7.43. The van der Waals surface area contributed by atoms with Crippen LogP contribution in [0, 0.1) is 13.8 Å². The second kappa shape index (κ2) is 7.59. The number of rotatable bonds is 7. The van der Waals surface area contributed by atoms with E-state index in [2.05, 4.69) is 10.3 Å². The van der Waals surface area contributed by atoms with Crippen LogP contribution in [0.5, 0.6) is 0 Å². The molecule has 0 aliphatic rings. The molecule has 0 radical (unpaired) electrons. The Labute approximate surface area is 125 Å². The molecule has 21 heavy (non-hydrogen) atoms. The highest BCUT2D eigenvalue weighted by Crippen LogP contribution is 2.10. The van der Waals surface area contributed by atoms with Crippen LogP contribution in [0.25, 0.3) is 0 Å². The smallest absolute Gasteiger partial charge is 0.251 e. The third-order valence-electron chi connectivity index (χ3n) is 3.21. The molecule has 5 nitrogen and oxygen atoms in total. The molecule has 0 saturated carbocycles. The van der Waals surface area contributed by atoms with E-state index in [-0.39, 0.29) is 5.91 Å². The molecule has 2 rings (SSSR count). The molecule has 1 aromatic carbocycles. The fourth-order valence-corrected chi connectivity index (χ4v) is 2.09. The van der Waals surface area contributed by atoms with Crippen molar-refractivity contribution in [2.24, 2.45) is 0 Å². The van der Waals surface area contributed by atoms with Gasteiger partial charge in [-0.05, 0) is 25.5 Å². The monoisotopic (exact) mass is 287 g/mol. The first-order chi connectivity index (χ1) is 10.2. The Bertz CT molecular complexity index is 579. The van der Waals surface area contributed by atoms with Gasteiger partial charge >= 0.3 is 0 Å². The van der Waals surface area contributed by atoms with Crippen molar-refractivity contribution in [1.29, 1.82) is 0 Å². The summed E-state index contributed by atoms with van der Waals surface area (Å²) in [6, 6.07) is 5.82. The van der Waals surface area contributed by atoms with Crippen molar-refractivity contribution in [3.8, 4) is 0 Å². The number of aromatic nitrogens is 2. The number of amides is 1. The third kappa shape index (κ3) is 4.72. The molecule has 1 aromatic heterocycles. The van der Waals surface area contributed by atoms with E-state index in [1.807, 2.05) is 42.8 Å². The Kier molecular flexibility index (Phi) is 5.51. The van der Waals surface area contributed by atoms with Crippen LogP contribution in [0.2, 0.25) is 0 Å². The van der Waals surface area contributed by atoms with Crippen LogP contribution in [-0.4, -0.2) is 35.2 Å². The number of nitrogens with zero attached hydrogens (tertiary/aromatic N) is 2. The zero-order valence-electron chi connectivity index (χ0n) is 12.5. The van der Waals surface area contributed by atoms with Gasteiger partial charge in [0.2, 0.25) is 0 Å². The Morgan fingerprint density at radius 1 is 1.33 bits per heavy atom. The van der Waals surface area contributed by atoms with Crippen LogP contribution in [0.1, 0.15) is 21.5 Å². The molecular weight excluding hydrogens is 266 g/mol.